The number of nitro benzene ring substituents is 1. The van der Waals surface area contributed by atoms with Gasteiger partial charge in [0.25, 0.3) is 5.69 Å². The molecule has 1 aromatic carbocycles. The average Bonchev–Trinajstić information content (AvgIpc) is 2.93. The average molecular weight is 255 g/mol. The van der Waals surface area contributed by atoms with Crippen molar-refractivity contribution in [3.8, 4) is 0 Å². The van der Waals surface area contributed by atoms with E-state index in [0.29, 0.717) is 0 Å². The van der Waals surface area contributed by atoms with Crippen molar-refractivity contribution in [1.82, 2.24) is 0 Å². The van der Waals surface area contributed by atoms with Crippen LogP contribution < -0.4 is 0 Å². The molecule has 0 radical (unpaired) electrons. The third-order valence-electron chi connectivity index (χ3n) is 2.75. The summed E-state index contributed by atoms with van der Waals surface area (Å²) in [4.78, 5) is 10.1. The lowest BCUT2D eigenvalue weighted by atomic mass is 10.1. The Hall–Kier alpha value is -2.56. The molecule has 1 aromatic rings. The second kappa shape index (κ2) is 5.86. The van der Waals surface area contributed by atoms with Crippen LogP contribution in [-0.4, -0.2) is 16.8 Å². The van der Waals surface area contributed by atoms with Crippen LogP contribution in [0.2, 0.25) is 0 Å². The monoisotopic (exact) mass is 255 g/mol. The molecule has 0 heterocycles. The Bertz CT molecular complexity index is 596. The Labute approximate surface area is 110 Å². The van der Waals surface area contributed by atoms with E-state index in [-0.39, 0.29) is 5.69 Å². The Morgan fingerprint density at radius 2 is 2.11 bits per heavy atom. The van der Waals surface area contributed by atoms with E-state index in [2.05, 4.69) is 16.3 Å². The van der Waals surface area contributed by atoms with Gasteiger partial charge in [0.15, 0.2) is 0 Å². The normalized spacial score (nSPS) is 15.0. The van der Waals surface area contributed by atoms with E-state index in [9.17, 15) is 10.1 Å². The second-order valence-corrected chi connectivity index (χ2v) is 4.10. The summed E-state index contributed by atoms with van der Waals surface area (Å²) in [5, 5.41) is 18.6. The molecule has 0 unspecified atom stereocenters. The number of nitrogens with zero attached hydrogens (tertiary/aromatic N) is 3. The molecule has 0 saturated heterocycles. The highest BCUT2D eigenvalue weighted by Gasteiger charge is 2.03. The molecular formula is C14H13N3O2. The quantitative estimate of drug-likeness (QED) is 0.470. The largest absolute Gasteiger partial charge is 0.269 e. The molecule has 1 aliphatic rings. The van der Waals surface area contributed by atoms with Gasteiger partial charge in [-0.05, 0) is 36.6 Å². The minimum atomic E-state index is -0.428. The van der Waals surface area contributed by atoms with Crippen LogP contribution in [0.3, 0.4) is 0 Å². The lowest BCUT2D eigenvalue weighted by molar-refractivity contribution is -0.384. The van der Waals surface area contributed by atoms with E-state index in [1.54, 1.807) is 18.3 Å². The van der Waals surface area contributed by atoms with Crippen LogP contribution in [0.15, 0.2) is 58.3 Å². The van der Waals surface area contributed by atoms with Gasteiger partial charge in [-0.2, -0.15) is 10.2 Å². The molecule has 0 saturated carbocycles. The van der Waals surface area contributed by atoms with Crippen molar-refractivity contribution in [3.05, 3.63) is 63.7 Å². The van der Waals surface area contributed by atoms with Gasteiger partial charge in [0.05, 0.1) is 16.8 Å². The van der Waals surface area contributed by atoms with Crippen molar-refractivity contribution >= 4 is 17.6 Å². The van der Waals surface area contributed by atoms with Crippen LogP contribution in [0, 0.1) is 10.1 Å². The van der Waals surface area contributed by atoms with Gasteiger partial charge in [-0.25, -0.2) is 0 Å². The molecule has 0 N–H and O–H groups in total. The molecule has 0 aliphatic heterocycles. The number of hydrogen-bond donors (Lipinski definition) is 0. The summed E-state index contributed by atoms with van der Waals surface area (Å²) in [6.45, 7) is 1.91. The van der Waals surface area contributed by atoms with E-state index in [1.165, 1.54) is 12.1 Å². The molecule has 0 fully saturated rings. The maximum atomic E-state index is 10.5. The highest BCUT2D eigenvalue weighted by Crippen LogP contribution is 2.13. The Kier molecular flexibility index (Phi) is 3.97. The number of hydrogen-bond acceptors (Lipinski definition) is 4. The SMILES string of the molecule is C/C(=N/N=C/c1ccc([N+](=O)[O-])cc1)C1=CC=CC1. The van der Waals surface area contributed by atoms with Crippen LogP contribution in [-0.2, 0) is 0 Å². The van der Waals surface area contributed by atoms with Crippen molar-refractivity contribution in [3.63, 3.8) is 0 Å². The molecule has 0 bridgehead atoms. The summed E-state index contributed by atoms with van der Waals surface area (Å²) in [5.41, 5.74) is 2.88. The summed E-state index contributed by atoms with van der Waals surface area (Å²) in [6, 6.07) is 6.18. The number of benzene rings is 1. The minimum absolute atomic E-state index is 0.0685. The van der Waals surface area contributed by atoms with E-state index < -0.39 is 4.92 Å². The lowest BCUT2D eigenvalue weighted by Gasteiger charge is -1.97. The van der Waals surface area contributed by atoms with Gasteiger partial charge >= 0.3 is 0 Å². The molecule has 96 valence electrons. The first-order valence-corrected chi connectivity index (χ1v) is 5.85. The maximum absolute atomic E-state index is 10.5. The zero-order chi connectivity index (χ0) is 13.7. The molecule has 5 nitrogen and oxygen atoms in total. The fraction of sp³-hybridized carbons (Fsp3) is 0.143. The van der Waals surface area contributed by atoms with Gasteiger partial charge in [-0.15, -0.1) is 0 Å². The van der Waals surface area contributed by atoms with Crippen LogP contribution in [0.25, 0.3) is 0 Å². The number of allylic oxidation sites excluding steroid dienone is 4. The first kappa shape index (κ1) is 12.9. The Morgan fingerprint density at radius 1 is 1.37 bits per heavy atom. The van der Waals surface area contributed by atoms with E-state index in [1.807, 2.05) is 19.1 Å². The molecule has 1 aliphatic carbocycles. The van der Waals surface area contributed by atoms with Crippen molar-refractivity contribution in [1.29, 1.82) is 0 Å². The van der Waals surface area contributed by atoms with Gasteiger partial charge < -0.3 is 0 Å². The molecule has 0 amide bonds. The topological polar surface area (TPSA) is 67.9 Å². The fourth-order valence-electron chi connectivity index (χ4n) is 1.64. The lowest BCUT2D eigenvalue weighted by Crippen LogP contribution is -1.93. The highest BCUT2D eigenvalue weighted by molar-refractivity contribution is 5.99. The fourth-order valence-corrected chi connectivity index (χ4v) is 1.64. The van der Waals surface area contributed by atoms with E-state index >= 15 is 0 Å². The number of non-ortho nitro benzene ring substituents is 1. The molecule has 0 atom stereocenters. The standard InChI is InChI=1S/C14H13N3O2/c1-11(13-4-2-3-5-13)16-15-10-12-6-8-14(9-7-12)17(18)19/h2-4,6-10H,5H2,1H3/b15-10+,16-11-. The zero-order valence-electron chi connectivity index (χ0n) is 10.5. The molecule has 5 heteroatoms. The minimum Gasteiger partial charge on any atom is -0.258 e. The molecule has 0 aromatic heterocycles. The third-order valence-corrected chi connectivity index (χ3v) is 2.75. The summed E-state index contributed by atoms with van der Waals surface area (Å²) < 4.78 is 0. The smallest absolute Gasteiger partial charge is 0.258 e. The van der Waals surface area contributed by atoms with Gasteiger partial charge in [-0.3, -0.25) is 10.1 Å². The molecular weight excluding hydrogens is 242 g/mol. The molecule has 0 spiro atoms. The van der Waals surface area contributed by atoms with Gasteiger partial charge in [-0.1, -0.05) is 18.2 Å². The van der Waals surface area contributed by atoms with Crippen molar-refractivity contribution in [2.75, 3.05) is 0 Å². The van der Waals surface area contributed by atoms with Crippen LogP contribution in [0.4, 0.5) is 5.69 Å². The van der Waals surface area contributed by atoms with E-state index in [4.69, 9.17) is 0 Å². The maximum Gasteiger partial charge on any atom is 0.269 e. The van der Waals surface area contributed by atoms with Crippen LogP contribution >= 0.6 is 0 Å². The van der Waals surface area contributed by atoms with Crippen LogP contribution in [0.1, 0.15) is 18.9 Å². The summed E-state index contributed by atoms with van der Waals surface area (Å²) in [5.74, 6) is 0. The number of rotatable bonds is 4. The van der Waals surface area contributed by atoms with Gasteiger partial charge in [0.2, 0.25) is 0 Å². The first-order chi connectivity index (χ1) is 9.16. The Morgan fingerprint density at radius 3 is 2.68 bits per heavy atom. The van der Waals surface area contributed by atoms with Gasteiger partial charge in [0.1, 0.15) is 0 Å². The summed E-state index contributed by atoms with van der Waals surface area (Å²) >= 11 is 0. The Balaban J connectivity index is 2.02. The van der Waals surface area contributed by atoms with Gasteiger partial charge in [0, 0.05) is 12.1 Å². The van der Waals surface area contributed by atoms with Crippen LogP contribution in [0.5, 0.6) is 0 Å². The highest BCUT2D eigenvalue weighted by atomic mass is 16.6. The van der Waals surface area contributed by atoms with Crippen molar-refractivity contribution in [2.45, 2.75) is 13.3 Å². The predicted molar refractivity (Wildman–Crippen MR) is 75.6 cm³/mol. The summed E-state index contributed by atoms with van der Waals surface area (Å²) in [7, 11) is 0. The van der Waals surface area contributed by atoms with Crippen molar-refractivity contribution in [2.24, 2.45) is 10.2 Å². The molecule has 19 heavy (non-hydrogen) atoms. The summed E-state index contributed by atoms with van der Waals surface area (Å²) in [6.07, 6.45) is 8.54. The van der Waals surface area contributed by atoms with E-state index in [0.717, 1.165) is 23.3 Å². The zero-order valence-corrected chi connectivity index (χ0v) is 10.5. The second-order valence-electron chi connectivity index (χ2n) is 4.10. The molecule has 2 rings (SSSR count). The van der Waals surface area contributed by atoms with Crippen molar-refractivity contribution < 1.29 is 4.92 Å². The number of nitro groups is 1. The first-order valence-electron chi connectivity index (χ1n) is 5.85. The predicted octanol–water partition coefficient (Wildman–Crippen LogP) is 3.28. The third kappa shape index (κ3) is 3.45.